The number of rotatable bonds is 4. The maximum absolute atomic E-state index is 5.20. The SMILES string of the molecule is C#CCc1cccc(CC)c1.C#CCc1cccc(CC)c1.C=C(C)C.C=C(C)C. The average molecular weight is 401 g/mol. The molecule has 0 nitrogen and oxygen atoms in total. The highest BCUT2D eigenvalue weighted by Crippen LogP contribution is 2.06. The number of hydrogen-bond acceptors (Lipinski definition) is 0. The van der Waals surface area contributed by atoms with Crippen LogP contribution in [0.15, 0.2) is 72.8 Å². The molecule has 160 valence electrons. The molecule has 0 radical (unpaired) electrons. The Balaban J connectivity index is 0. The normalized spacial score (nSPS) is 8.40. The minimum atomic E-state index is 0.744. The lowest BCUT2D eigenvalue weighted by atomic mass is 10.1. The van der Waals surface area contributed by atoms with Crippen LogP contribution in [0.2, 0.25) is 0 Å². The smallest absolute Gasteiger partial charge is 0.0337 e. The van der Waals surface area contributed by atoms with Crippen molar-refractivity contribution in [3.8, 4) is 24.7 Å². The Kier molecular flexibility index (Phi) is 18.9. The van der Waals surface area contributed by atoms with E-state index in [0.29, 0.717) is 0 Å². The summed E-state index contributed by atoms with van der Waals surface area (Å²) in [5, 5.41) is 0. The summed E-state index contributed by atoms with van der Waals surface area (Å²) in [7, 11) is 0. The largest absolute Gasteiger partial charge is 0.120 e. The molecule has 0 N–H and O–H groups in total. The van der Waals surface area contributed by atoms with Gasteiger partial charge in [0.25, 0.3) is 0 Å². The Morgan fingerprint density at radius 2 is 0.933 bits per heavy atom. The summed E-state index contributed by atoms with van der Waals surface area (Å²) in [4.78, 5) is 0. The van der Waals surface area contributed by atoms with Gasteiger partial charge in [0.2, 0.25) is 0 Å². The molecule has 0 heterocycles. The Morgan fingerprint density at radius 3 is 1.17 bits per heavy atom. The first-order valence-corrected chi connectivity index (χ1v) is 10.5. The average Bonchev–Trinajstić information content (AvgIpc) is 2.68. The Bertz CT molecular complexity index is 742. The molecule has 0 amide bonds. The van der Waals surface area contributed by atoms with E-state index in [2.05, 4.69) is 87.4 Å². The topological polar surface area (TPSA) is 0 Å². The van der Waals surface area contributed by atoms with E-state index in [1.807, 2.05) is 27.7 Å². The highest BCUT2D eigenvalue weighted by Gasteiger charge is 1.91. The molecule has 0 bridgehead atoms. The first-order valence-electron chi connectivity index (χ1n) is 10.5. The van der Waals surface area contributed by atoms with Crippen LogP contribution in [0.3, 0.4) is 0 Å². The fourth-order valence-corrected chi connectivity index (χ4v) is 2.15. The Labute approximate surface area is 187 Å². The molecule has 0 aromatic heterocycles. The van der Waals surface area contributed by atoms with Crippen LogP contribution in [-0.4, -0.2) is 0 Å². The van der Waals surface area contributed by atoms with Crippen LogP contribution in [0.5, 0.6) is 0 Å². The zero-order valence-corrected chi connectivity index (χ0v) is 20.0. The molecule has 2 rings (SSSR count). The Hall–Kier alpha value is -2.96. The van der Waals surface area contributed by atoms with E-state index in [1.165, 1.54) is 33.4 Å². The predicted molar refractivity (Wildman–Crippen MR) is 138 cm³/mol. The summed E-state index contributed by atoms with van der Waals surface area (Å²) in [6.07, 6.45) is 14.1. The van der Waals surface area contributed by atoms with Gasteiger partial charge < -0.3 is 0 Å². The third-order valence-corrected chi connectivity index (χ3v) is 3.41. The molecule has 0 atom stereocenters. The molecule has 0 aliphatic carbocycles. The van der Waals surface area contributed by atoms with Gasteiger partial charge in [-0.3, -0.25) is 0 Å². The maximum Gasteiger partial charge on any atom is 0.0337 e. The second-order valence-electron chi connectivity index (χ2n) is 7.52. The zero-order chi connectivity index (χ0) is 23.4. The van der Waals surface area contributed by atoms with Crippen molar-refractivity contribution in [1.82, 2.24) is 0 Å². The zero-order valence-electron chi connectivity index (χ0n) is 20.0. The van der Waals surface area contributed by atoms with E-state index in [4.69, 9.17) is 12.8 Å². The summed E-state index contributed by atoms with van der Waals surface area (Å²) in [6.45, 7) is 19.3. The fourth-order valence-electron chi connectivity index (χ4n) is 2.15. The monoisotopic (exact) mass is 400 g/mol. The lowest BCUT2D eigenvalue weighted by Crippen LogP contribution is -1.84. The minimum absolute atomic E-state index is 0.744. The standard InChI is InChI=1S/2C11H12.2C4H8/c2*1-3-6-11-8-5-7-10(4-2)9-11;2*1-4(2)3/h2*1,5,7-9H,4,6H2,2H3;2*1H2,2-3H3. The van der Waals surface area contributed by atoms with Gasteiger partial charge in [-0.15, -0.1) is 37.8 Å². The summed E-state index contributed by atoms with van der Waals surface area (Å²) >= 11 is 0. The minimum Gasteiger partial charge on any atom is -0.120 e. The second-order valence-corrected chi connectivity index (χ2v) is 7.52. The molecule has 0 fully saturated rings. The lowest BCUT2D eigenvalue weighted by molar-refractivity contribution is 1.12. The number of terminal acetylenes is 2. The first-order chi connectivity index (χ1) is 14.2. The highest BCUT2D eigenvalue weighted by molar-refractivity contribution is 5.26. The maximum atomic E-state index is 5.20. The third-order valence-electron chi connectivity index (χ3n) is 3.41. The van der Waals surface area contributed by atoms with E-state index >= 15 is 0 Å². The molecule has 0 spiro atoms. The summed E-state index contributed by atoms with van der Waals surface area (Å²) in [5.74, 6) is 5.27. The van der Waals surface area contributed by atoms with Crippen molar-refractivity contribution < 1.29 is 0 Å². The van der Waals surface area contributed by atoms with Crippen molar-refractivity contribution in [2.45, 2.75) is 67.2 Å². The van der Waals surface area contributed by atoms with Crippen molar-refractivity contribution in [2.24, 2.45) is 0 Å². The van der Waals surface area contributed by atoms with Crippen LogP contribution in [-0.2, 0) is 25.7 Å². The second kappa shape index (κ2) is 19.4. The number of hydrogen-bond donors (Lipinski definition) is 0. The molecule has 0 heteroatoms. The number of aryl methyl sites for hydroxylation is 2. The molecule has 0 aliphatic rings. The van der Waals surface area contributed by atoms with Crippen LogP contribution >= 0.6 is 0 Å². The van der Waals surface area contributed by atoms with Crippen LogP contribution in [0.4, 0.5) is 0 Å². The van der Waals surface area contributed by atoms with Gasteiger partial charge >= 0.3 is 0 Å². The molecule has 0 saturated carbocycles. The number of allylic oxidation sites excluding steroid dienone is 2. The van der Waals surface area contributed by atoms with Crippen molar-refractivity contribution >= 4 is 0 Å². The van der Waals surface area contributed by atoms with Crippen LogP contribution < -0.4 is 0 Å². The van der Waals surface area contributed by atoms with E-state index in [1.54, 1.807) is 0 Å². The molecule has 30 heavy (non-hydrogen) atoms. The third kappa shape index (κ3) is 19.8. The van der Waals surface area contributed by atoms with Crippen LogP contribution in [0.1, 0.15) is 63.8 Å². The van der Waals surface area contributed by atoms with Gasteiger partial charge in [0, 0.05) is 12.8 Å². The van der Waals surface area contributed by atoms with Gasteiger partial charge in [0.05, 0.1) is 0 Å². The first kappa shape index (κ1) is 29.2. The fraction of sp³-hybridized carbons (Fsp3) is 0.333. The Morgan fingerprint density at radius 1 is 0.667 bits per heavy atom. The summed E-state index contributed by atoms with van der Waals surface area (Å²) < 4.78 is 0. The molecular weight excluding hydrogens is 360 g/mol. The van der Waals surface area contributed by atoms with Gasteiger partial charge in [0.15, 0.2) is 0 Å². The summed E-state index contributed by atoms with van der Waals surface area (Å²) in [6, 6.07) is 16.8. The van der Waals surface area contributed by atoms with Crippen LogP contribution in [0.25, 0.3) is 0 Å². The van der Waals surface area contributed by atoms with E-state index in [9.17, 15) is 0 Å². The molecular formula is C30H40. The predicted octanol–water partition coefficient (Wildman–Crippen LogP) is 8.01. The molecule has 0 aliphatic heterocycles. The van der Waals surface area contributed by atoms with E-state index in [-0.39, 0.29) is 0 Å². The molecule has 2 aromatic carbocycles. The number of benzene rings is 2. The van der Waals surface area contributed by atoms with Crippen molar-refractivity contribution in [3.05, 3.63) is 95.1 Å². The van der Waals surface area contributed by atoms with Gasteiger partial charge in [-0.05, 0) is 62.8 Å². The van der Waals surface area contributed by atoms with E-state index in [0.717, 1.165) is 25.7 Å². The summed E-state index contributed by atoms with van der Waals surface area (Å²) in [5.41, 5.74) is 7.54. The van der Waals surface area contributed by atoms with E-state index < -0.39 is 0 Å². The van der Waals surface area contributed by atoms with Crippen molar-refractivity contribution in [3.63, 3.8) is 0 Å². The van der Waals surface area contributed by atoms with Gasteiger partial charge in [-0.2, -0.15) is 0 Å². The molecule has 0 unspecified atom stereocenters. The molecule has 0 saturated heterocycles. The van der Waals surface area contributed by atoms with Crippen LogP contribution in [0, 0.1) is 24.7 Å². The highest BCUT2D eigenvalue weighted by atomic mass is 14.0. The van der Waals surface area contributed by atoms with Gasteiger partial charge in [-0.1, -0.05) is 73.5 Å². The van der Waals surface area contributed by atoms with Gasteiger partial charge in [0.1, 0.15) is 0 Å². The lowest BCUT2D eigenvalue weighted by Gasteiger charge is -1.98. The van der Waals surface area contributed by atoms with Crippen molar-refractivity contribution in [1.29, 1.82) is 0 Å². The van der Waals surface area contributed by atoms with Gasteiger partial charge in [-0.25, -0.2) is 0 Å². The quantitative estimate of drug-likeness (QED) is 0.360. The molecule has 2 aromatic rings. The van der Waals surface area contributed by atoms with Crippen molar-refractivity contribution in [2.75, 3.05) is 0 Å².